The highest BCUT2D eigenvalue weighted by molar-refractivity contribution is 6.03. The van der Waals surface area contributed by atoms with Crippen LogP contribution < -0.4 is 16.4 Å². The number of hydrogen-bond acceptors (Lipinski definition) is 4. The Morgan fingerprint density at radius 1 is 1.21 bits per heavy atom. The third-order valence-corrected chi connectivity index (χ3v) is 4.22. The highest BCUT2D eigenvalue weighted by Gasteiger charge is 2.29. The van der Waals surface area contributed by atoms with Crippen LogP contribution in [0.5, 0.6) is 0 Å². The molecule has 4 N–H and O–H groups in total. The lowest BCUT2D eigenvalue weighted by atomic mass is 9.88. The van der Waals surface area contributed by atoms with E-state index in [2.05, 4.69) is 10.6 Å². The second-order valence-electron chi connectivity index (χ2n) is 6.24. The van der Waals surface area contributed by atoms with Gasteiger partial charge >= 0.3 is 0 Å². The van der Waals surface area contributed by atoms with E-state index < -0.39 is 5.54 Å². The second kappa shape index (κ2) is 7.31. The van der Waals surface area contributed by atoms with E-state index in [9.17, 15) is 9.59 Å². The molecule has 2 aromatic rings. The molecule has 1 aromatic carbocycles. The predicted molar refractivity (Wildman–Crippen MR) is 92.9 cm³/mol. The number of anilines is 1. The summed E-state index contributed by atoms with van der Waals surface area (Å²) in [6.45, 7) is 6.27. The lowest BCUT2D eigenvalue weighted by Crippen LogP contribution is -2.55. The molecule has 6 nitrogen and oxygen atoms in total. The monoisotopic (exact) mass is 329 g/mol. The van der Waals surface area contributed by atoms with Gasteiger partial charge in [0.05, 0.1) is 11.8 Å². The summed E-state index contributed by atoms with van der Waals surface area (Å²) in [6, 6.07) is 9.94. The molecular weight excluding hydrogens is 306 g/mol. The van der Waals surface area contributed by atoms with Crippen molar-refractivity contribution in [1.82, 2.24) is 5.32 Å². The normalized spacial score (nSPS) is 13.4. The number of benzene rings is 1. The van der Waals surface area contributed by atoms with E-state index in [1.165, 1.54) is 6.26 Å². The van der Waals surface area contributed by atoms with Crippen molar-refractivity contribution in [3.05, 3.63) is 54.0 Å². The molecule has 1 unspecified atom stereocenters. The molecule has 0 radical (unpaired) electrons. The van der Waals surface area contributed by atoms with Gasteiger partial charge in [0, 0.05) is 17.8 Å². The van der Waals surface area contributed by atoms with Crippen molar-refractivity contribution in [1.29, 1.82) is 0 Å². The number of nitrogens with one attached hydrogen (secondary N) is 2. The maximum absolute atomic E-state index is 12.5. The van der Waals surface area contributed by atoms with Crippen molar-refractivity contribution in [3.8, 4) is 0 Å². The van der Waals surface area contributed by atoms with Crippen molar-refractivity contribution in [2.45, 2.75) is 26.3 Å². The van der Waals surface area contributed by atoms with Crippen LogP contribution in [0.15, 0.2) is 47.1 Å². The van der Waals surface area contributed by atoms with Gasteiger partial charge in [0.2, 0.25) is 0 Å². The SMILES string of the molecule is CC(C)C(C)(CN)NC(=O)c1cccc(NC(=O)c2ccco2)c1. The van der Waals surface area contributed by atoms with Gasteiger partial charge < -0.3 is 20.8 Å². The molecule has 0 saturated carbocycles. The molecule has 0 aliphatic carbocycles. The minimum atomic E-state index is -0.496. The van der Waals surface area contributed by atoms with E-state index in [4.69, 9.17) is 10.2 Å². The van der Waals surface area contributed by atoms with Crippen LogP contribution in [0.25, 0.3) is 0 Å². The van der Waals surface area contributed by atoms with Crippen molar-refractivity contribution < 1.29 is 14.0 Å². The van der Waals surface area contributed by atoms with E-state index in [0.29, 0.717) is 17.8 Å². The molecule has 1 aromatic heterocycles. The lowest BCUT2D eigenvalue weighted by Gasteiger charge is -2.33. The molecule has 1 atom stereocenters. The lowest BCUT2D eigenvalue weighted by molar-refractivity contribution is 0.0882. The third kappa shape index (κ3) is 4.02. The zero-order valence-corrected chi connectivity index (χ0v) is 14.1. The number of carbonyl (C=O) groups excluding carboxylic acids is 2. The molecule has 1 heterocycles. The molecule has 0 aliphatic rings. The summed E-state index contributed by atoms with van der Waals surface area (Å²) in [5.74, 6) is -0.203. The summed E-state index contributed by atoms with van der Waals surface area (Å²) >= 11 is 0. The molecule has 0 saturated heterocycles. The molecular formula is C18H23N3O3. The Bertz CT molecular complexity index is 710. The van der Waals surface area contributed by atoms with Gasteiger partial charge in [0.25, 0.3) is 11.8 Å². The van der Waals surface area contributed by atoms with Crippen LogP contribution in [-0.4, -0.2) is 23.9 Å². The summed E-state index contributed by atoms with van der Waals surface area (Å²) in [6.07, 6.45) is 1.43. The Labute approximate surface area is 141 Å². The van der Waals surface area contributed by atoms with Gasteiger partial charge in [0.15, 0.2) is 5.76 Å². The summed E-state index contributed by atoms with van der Waals surface area (Å²) in [7, 11) is 0. The zero-order valence-electron chi connectivity index (χ0n) is 14.1. The van der Waals surface area contributed by atoms with Gasteiger partial charge in [0.1, 0.15) is 0 Å². The fraction of sp³-hybridized carbons (Fsp3) is 0.333. The number of rotatable bonds is 6. The Hall–Kier alpha value is -2.60. The van der Waals surface area contributed by atoms with E-state index in [1.807, 2.05) is 20.8 Å². The van der Waals surface area contributed by atoms with E-state index in [-0.39, 0.29) is 23.5 Å². The molecule has 2 amide bonds. The van der Waals surface area contributed by atoms with Crippen molar-refractivity contribution in [3.63, 3.8) is 0 Å². The maximum Gasteiger partial charge on any atom is 0.291 e. The fourth-order valence-corrected chi connectivity index (χ4v) is 2.10. The Morgan fingerprint density at radius 3 is 2.54 bits per heavy atom. The van der Waals surface area contributed by atoms with Crippen LogP contribution in [0.1, 0.15) is 41.7 Å². The highest BCUT2D eigenvalue weighted by Crippen LogP contribution is 2.17. The largest absolute Gasteiger partial charge is 0.459 e. The first-order chi connectivity index (χ1) is 11.4. The molecule has 0 spiro atoms. The van der Waals surface area contributed by atoms with Crippen LogP contribution >= 0.6 is 0 Å². The summed E-state index contributed by atoms with van der Waals surface area (Å²) in [5.41, 5.74) is 6.27. The Morgan fingerprint density at radius 2 is 1.96 bits per heavy atom. The van der Waals surface area contributed by atoms with E-state index in [0.717, 1.165) is 0 Å². The van der Waals surface area contributed by atoms with Crippen molar-refractivity contribution in [2.75, 3.05) is 11.9 Å². The summed E-state index contributed by atoms with van der Waals surface area (Å²) in [4.78, 5) is 24.5. The number of amides is 2. The maximum atomic E-state index is 12.5. The smallest absolute Gasteiger partial charge is 0.291 e. The number of furan rings is 1. The average Bonchev–Trinajstić information content (AvgIpc) is 3.09. The van der Waals surface area contributed by atoms with Crippen LogP contribution in [0.3, 0.4) is 0 Å². The second-order valence-corrected chi connectivity index (χ2v) is 6.24. The first-order valence-corrected chi connectivity index (χ1v) is 7.83. The van der Waals surface area contributed by atoms with E-state index >= 15 is 0 Å². The van der Waals surface area contributed by atoms with E-state index in [1.54, 1.807) is 36.4 Å². The Kier molecular flexibility index (Phi) is 5.41. The number of carbonyl (C=O) groups is 2. The molecule has 0 fully saturated rings. The topological polar surface area (TPSA) is 97.4 Å². The van der Waals surface area contributed by atoms with Gasteiger partial charge in [-0.2, -0.15) is 0 Å². The highest BCUT2D eigenvalue weighted by atomic mass is 16.3. The standard InChI is InChI=1S/C18H23N3O3/c1-12(2)18(3,11-19)21-16(22)13-6-4-7-14(10-13)20-17(23)15-8-5-9-24-15/h4-10,12H,11,19H2,1-3H3,(H,20,23)(H,21,22). The first-order valence-electron chi connectivity index (χ1n) is 7.83. The molecule has 0 bridgehead atoms. The first kappa shape index (κ1) is 17.7. The fourth-order valence-electron chi connectivity index (χ4n) is 2.10. The number of nitrogens with two attached hydrogens (primary N) is 1. The molecule has 0 aliphatic heterocycles. The third-order valence-electron chi connectivity index (χ3n) is 4.22. The van der Waals surface area contributed by atoms with Crippen molar-refractivity contribution >= 4 is 17.5 Å². The summed E-state index contributed by atoms with van der Waals surface area (Å²) < 4.78 is 5.05. The van der Waals surface area contributed by atoms with Gasteiger partial charge in [-0.05, 0) is 43.2 Å². The van der Waals surface area contributed by atoms with Gasteiger partial charge in [-0.3, -0.25) is 9.59 Å². The minimum absolute atomic E-state index is 0.188. The van der Waals surface area contributed by atoms with Crippen molar-refractivity contribution in [2.24, 2.45) is 11.7 Å². The quantitative estimate of drug-likeness (QED) is 0.759. The molecule has 24 heavy (non-hydrogen) atoms. The predicted octanol–water partition coefficient (Wildman–Crippen LogP) is 2.64. The molecule has 6 heteroatoms. The average molecular weight is 329 g/mol. The van der Waals surface area contributed by atoms with Gasteiger partial charge in [-0.25, -0.2) is 0 Å². The summed E-state index contributed by atoms with van der Waals surface area (Å²) in [5, 5.41) is 5.67. The molecule has 2 rings (SSSR count). The zero-order chi connectivity index (χ0) is 17.7. The van der Waals surface area contributed by atoms with Crippen LogP contribution in [0.2, 0.25) is 0 Å². The van der Waals surface area contributed by atoms with Crippen LogP contribution in [-0.2, 0) is 0 Å². The number of hydrogen-bond donors (Lipinski definition) is 3. The van der Waals surface area contributed by atoms with Gasteiger partial charge in [-0.1, -0.05) is 19.9 Å². The van der Waals surface area contributed by atoms with Crippen LogP contribution in [0, 0.1) is 5.92 Å². The molecule has 128 valence electrons. The minimum Gasteiger partial charge on any atom is -0.459 e. The van der Waals surface area contributed by atoms with Crippen LogP contribution in [0.4, 0.5) is 5.69 Å². The Balaban J connectivity index is 2.12. The van der Waals surface area contributed by atoms with Gasteiger partial charge in [-0.15, -0.1) is 0 Å².